The molecule has 118 valence electrons. The smallest absolute Gasteiger partial charge is 0.230 e. The fraction of sp³-hybridized carbons (Fsp3) is 0.588. The number of hydrogen-bond acceptors (Lipinski definition) is 2. The van der Waals surface area contributed by atoms with Gasteiger partial charge in [0, 0.05) is 13.1 Å². The summed E-state index contributed by atoms with van der Waals surface area (Å²) in [6.07, 6.45) is 4.22. The lowest BCUT2D eigenvalue weighted by Gasteiger charge is -2.35. The van der Waals surface area contributed by atoms with E-state index in [0.717, 1.165) is 44.5 Å². The summed E-state index contributed by atoms with van der Waals surface area (Å²) in [6.45, 7) is 4.61. The van der Waals surface area contributed by atoms with Gasteiger partial charge in [-0.1, -0.05) is 37.3 Å². The molecule has 4 heteroatoms. The maximum atomic E-state index is 12.8. The summed E-state index contributed by atoms with van der Waals surface area (Å²) >= 11 is 0. The third kappa shape index (κ3) is 4.72. The highest BCUT2D eigenvalue weighted by molar-refractivity contribution is 5.85. The summed E-state index contributed by atoms with van der Waals surface area (Å²) in [7, 11) is 0. The largest absolute Gasteiger partial charge is 0.342 e. The van der Waals surface area contributed by atoms with Crippen LogP contribution < -0.4 is 5.73 Å². The third-order valence-electron chi connectivity index (χ3n) is 4.31. The number of hydrogen-bond donors (Lipinski definition) is 1. The number of rotatable bonds is 5. The number of likely N-dealkylation sites (tertiary alicyclic amines) is 1. The first kappa shape index (κ1) is 18.0. The van der Waals surface area contributed by atoms with Gasteiger partial charge in [0.15, 0.2) is 0 Å². The fourth-order valence-electron chi connectivity index (χ4n) is 3.20. The predicted molar refractivity (Wildman–Crippen MR) is 89.7 cm³/mol. The molecule has 1 aliphatic heterocycles. The number of benzene rings is 1. The molecular weight excluding hydrogens is 284 g/mol. The molecule has 1 aliphatic rings. The Morgan fingerprint density at radius 1 is 1.38 bits per heavy atom. The SMILES string of the molecule is CCC(C(=O)N1CCCC(CCN)C1)c1ccccc1.Cl. The molecule has 1 aromatic rings. The van der Waals surface area contributed by atoms with E-state index in [9.17, 15) is 4.79 Å². The van der Waals surface area contributed by atoms with E-state index in [2.05, 4.69) is 24.0 Å². The first-order valence-corrected chi connectivity index (χ1v) is 7.80. The Labute approximate surface area is 134 Å². The van der Waals surface area contributed by atoms with Gasteiger partial charge in [0.25, 0.3) is 0 Å². The molecule has 1 fully saturated rings. The van der Waals surface area contributed by atoms with E-state index in [1.807, 2.05) is 18.2 Å². The average Bonchev–Trinajstić information content (AvgIpc) is 2.50. The van der Waals surface area contributed by atoms with Crippen molar-refractivity contribution in [1.82, 2.24) is 4.90 Å². The molecule has 1 saturated heterocycles. The first-order valence-electron chi connectivity index (χ1n) is 7.80. The Morgan fingerprint density at radius 2 is 2.10 bits per heavy atom. The second-order valence-corrected chi connectivity index (χ2v) is 5.74. The van der Waals surface area contributed by atoms with E-state index in [1.54, 1.807) is 0 Å². The molecule has 3 nitrogen and oxygen atoms in total. The molecule has 0 aliphatic carbocycles. The van der Waals surface area contributed by atoms with Crippen LogP contribution in [0, 0.1) is 5.92 Å². The van der Waals surface area contributed by atoms with Crippen LogP contribution in [0.25, 0.3) is 0 Å². The van der Waals surface area contributed by atoms with Crippen LogP contribution in [-0.2, 0) is 4.79 Å². The zero-order chi connectivity index (χ0) is 14.4. The molecule has 2 N–H and O–H groups in total. The molecule has 2 rings (SSSR count). The van der Waals surface area contributed by atoms with Crippen molar-refractivity contribution in [2.45, 2.75) is 38.5 Å². The minimum atomic E-state index is 0. The van der Waals surface area contributed by atoms with Crippen molar-refractivity contribution in [3.05, 3.63) is 35.9 Å². The fourth-order valence-corrected chi connectivity index (χ4v) is 3.20. The van der Waals surface area contributed by atoms with Crippen molar-refractivity contribution in [3.63, 3.8) is 0 Å². The van der Waals surface area contributed by atoms with E-state index in [-0.39, 0.29) is 18.3 Å². The van der Waals surface area contributed by atoms with Crippen molar-refractivity contribution in [2.24, 2.45) is 11.7 Å². The van der Waals surface area contributed by atoms with Crippen LogP contribution in [0.15, 0.2) is 30.3 Å². The van der Waals surface area contributed by atoms with Crippen LogP contribution in [0.4, 0.5) is 0 Å². The van der Waals surface area contributed by atoms with Crippen molar-refractivity contribution < 1.29 is 4.79 Å². The van der Waals surface area contributed by atoms with Gasteiger partial charge in [0.2, 0.25) is 5.91 Å². The van der Waals surface area contributed by atoms with Crippen molar-refractivity contribution >= 4 is 18.3 Å². The number of carbonyl (C=O) groups is 1. The first-order chi connectivity index (χ1) is 9.76. The van der Waals surface area contributed by atoms with E-state index in [4.69, 9.17) is 5.73 Å². The Bertz CT molecular complexity index is 422. The minimum Gasteiger partial charge on any atom is -0.342 e. The lowest BCUT2D eigenvalue weighted by molar-refractivity contribution is -0.134. The van der Waals surface area contributed by atoms with Gasteiger partial charge in [-0.15, -0.1) is 12.4 Å². The minimum absolute atomic E-state index is 0. The zero-order valence-corrected chi connectivity index (χ0v) is 13.6. The van der Waals surface area contributed by atoms with Gasteiger partial charge in [-0.3, -0.25) is 4.79 Å². The average molecular weight is 311 g/mol. The van der Waals surface area contributed by atoms with E-state index in [1.165, 1.54) is 6.42 Å². The Kier molecular flexibility index (Phi) is 7.76. The Balaban J connectivity index is 0.00000220. The summed E-state index contributed by atoms with van der Waals surface area (Å²) in [6, 6.07) is 10.1. The highest BCUT2D eigenvalue weighted by Crippen LogP contribution is 2.26. The van der Waals surface area contributed by atoms with Crippen molar-refractivity contribution in [3.8, 4) is 0 Å². The maximum Gasteiger partial charge on any atom is 0.230 e. The molecular formula is C17H27ClN2O. The summed E-state index contributed by atoms with van der Waals surface area (Å²) in [4.78, 5) is 14.8. The van der Waals surface area contributed by atoms with Crippen LogP contribution >= 0.6 is 12.4 Å². The van der Waals surface area contributed by atoms with Crippen LogP contribution in [-0.4, -0.2) is 30.4 Å². The van der Waals surface area contributed by atoms with E-state index >= 15 is 0 Å². The maximum absolute atomic E-state index is 12.8. The standard InChI is InChI=1S/C17H26N2O.ClH/c1-2-16(15-8-4-3-5-9-15)17(20)19-12-6-7-14(13-19)10-11-18;/h3-5,8-9,14,16H,2,6-7,10-13,18H2,1H3;1H. The van der Waals surface area contributed by atoms with Crippen LogP contribution in [0.3, 0.4) is 0 Å². The third-order valence-corrected chi connectivity index (χ3v) is 4.31. The molecule has 0 radical (unpaired) electrons. The summed E-state index contributed by atoms with van der Waals surface area (Å²) in [5, 5.41) is 0. The number of carbonyl (C=O) groups excluding carboxylic acids is 1. The van der Waals surface area contributed by atoms with Crippen LogP contribution in [0.2, 0.25) is 0 Å². The van der Waals surface area contributed by atoms with Crippen LogP contribution in [0.1, 0.15) is 44.1 Å². The highest BCUT2D eigenvalue weighted by Gasteiger charge is 2.28. The molecule has 0 aromatic heterocycles. The normalized spacial score (nSPS) is 19.7. The summed E-state index contributed by atoms with van der Waals surface area (Å²) in [5.41, 5.74) is 6.79. The number of halogens is 1. The molecule has 0 spiro atoms. The topological polar surface area (TPSA) is 46.3 Å². The second-order valence-electron chi connectivity index (χ2n) is 5.74. The number of amides is 1. The zero-order valence-electron chi connectivity index (χ0n) is 12.8. The van der Waals surface area contributed by atoms with Gasteiger partial charge in [0.1, 0.15) is 0 Å². The number of piperidine rings is 1. The van der Waals surface area contributed by atoms with Crippen molar-refractivity contribution in [1.29, 1.82) is 0 Å². The lowest BCUT2D eigenvalue weighted by Crippen LogP contribution is -2.42. The van der Waals surface area contributed by atoms with Crippen LogP contribution in [0.5, 0.6) is 0 Å². The molecule has 1 heterocycles. The molecule has 2 atom stereocenters. The molecule has 1 amide bonds. The lowest BCUT2D eigenvalue weighted by atomic mass is 9.91. The number of nitrogens with zero attached hydrogens (tertiary/aromatic N) is 1. The molecule has 0 bridgehead atoms. The van der Waals surface area contributed by atoms with Gasteiger partial charge in [-0.25, -0.2) is 0 Å². The quantitative estimate of drug-likeness (QED) is 0.908. The summed E-state index contributed by atoms with van der Waals surface area (Å²) in [5.74, 6) is 0.888. The molecule has 21 heavy (non-hydrogen) atoms. The van der Waals surface area contributed by atoms with E-state index < -0.39 is 0 Å². The summed E-state index contributed by atoms with van der Waals surface area (Å²) < 4.78 is 0. The number of nitrogens with two attached hydrogens (primary N) is 1. The second kappa shape index (κ2) is 9.06. The molecule has 1 aromatic carbocycles. The van der Waals surface area contributed by atoms with E-state index in [0.29, 0.717) is 11.8 Å². The monoisotopic (exact) mass is 310 g/mol. The van der Waals surface area contributed by atoms with Gasteiger partial charge >= 0.3 is 0 Å². The van der Waals surface area contributed by atoms with Crippen molar-refractivity contribution in [2.75, 3.05) is 19.6 Å². The molecule has 2 unspecified atom stereocenters. The van der Waals surface area contributed by atoms with Gasteiger partial charge < -0.3 is 10.6 Å². The van der Waals surface area contributed by atoms with Gasteiger partial charge in [-0.2, -0.15) is 0 Å². The van der Waals surface area contributed by atoms with Gasteiger partial charge in [0.05, 0.1) is 5.92 Å². The highest BCUT2D eigenvalue weighted by atomic mass is 35.5. The van der Waals surface area contributed by atoms with Gasteiger partial charge in [-0.05, 0) is 43.7 Å². The Hall–Kier alpha value is -1.06. The predicted octanol–water partition coefficient (Wildman–Crippen LogP) is 3.19. The Morgan fingerprint density at radius 3 is 2.71 bits per heavy atom. The molecule has 0 saturated carbocycles.